The van der Waals surface area contributed by atoms with Gasteiger partial charge in [0.25, 0.3) is 0 Å². The molecule has 0 radical (unpaired) electrons. The van der Waals surface area contributed by atoms with Crippen LogP contribution in [-0.2, 0) is 15.5 Å². The van der Waals surface area contributed by atoms with Gasteiger partial charge in [0, 0.05) is 47.6 Å². The third-order valence-electron chi connectivity index (χ3n) is 3.22. The number of phosphoric ester groups is 1. The van der Waals surface area contributed by atoms with Crippen molar-refractivity contribution in [3.8, 4) is 0 Å². The van der Waals surface area contributed by atoms with Crippen molar-refractivity contribution >= 4 is 13.5 Å². The van der Waals surface area contributed by atoms with Crippen molar-refractivity contribution in [2.75, 3.05) is 6.61 Å². The van der Waals surface area contributed by atoms with Crippen molar-refractivity contribution in [1.29, 1.82) is 0 Å². The second-order valence-electron chi connectivity index (χ2n) is 5.21. The number of aliphatic imine (C=N–C) groups is 1. The number of aliphatic hydroxyl groups excluding tert-OH is 1. The van der Waals surface area contributed by atoms with Crippen LogP contribution in [-0.4, -0.2) is 37.2 Å². The van der Waals surface area contributed by atoms with Gasteiger partial charge < -0.3 is 25.2 Å². The highest BCUT2D eigenvalue weighted by Crippen LogP contribution is 2.37. The summed E-state index contributed by atoms with van der Waals surface area (Å²) in [5, 5.41) is 13.0. The predicted octanol–water partition coefficient (Wildman–Crippen LogP) is 1.68. The molecule has 0 bridgehead atoms. The van der Waals surface area contributed by atoms with E-state index in [9.17, 15) is 9.67 Å². The lowest BCUT2D eigenvalue weighted by Crippen LogP contribution is -2.17. The van der Waals surface area contributed by atoms with Gasteiger partial charge in [-0.15, -0.1) is 0 Å². The van der Waals surface area contributed by atoms with E-state index in [0.29, 0.717) is 23.3 Å². The van der Waals surface area contributed by atoms with Crippen LogP contribution in [0.15, 0.2) is 52.5 Å². The lowest BCUT2D eigenvalue weighted by molar-refractivity contribution is 0.211. The Morgan fingerprint density at radius 1 is 1.50 bits per heavy atom. The first kappa shape index (κ1) is 18.2. The molecule has 24 heavy (non-hydrogen) atoms. The number of hydrogen-bond donors (Lipinski definition) is 5. The first-order valence-electron chi connectivity index (χ1n) is 7.03. The highest BCUT2D eigenvalue weighted by atomic mass is 31.2. The number of dihydropyridines is 1. The number of aliphatic hydroxyl groups is 1. The van der Waals surface area contributed by atoms with E-state index in [1.54, 1.807) is 19.4 Å². The van der Waals surface area contributed by atoms with Gasteiger partial charge in [0.15, 0.2) is 0 Å². The number of aromatic amines is 1. The third kappa shape index (κ3) is 5.17. The molecule has 0 fully saturated rings. The number of hydrogen-bond acceptors (Lipinski definition) is 6. The van der Waals surface area contributed by atoms with E-state index in [1.165, 1.54) is 12.4 Å². The Morgan fingerprint density at radius 3 is 2.88 bits per heavy atom. The molecule has 0 aliphatic carbocycles. The number of nitrogens with zero attached hydrogens (tertiary/aromatic N) is 2. The van der Waals surface area contributed by atoms with E-state index < -0.39 is 7.82 Å². The van der Waals surface area contributed by atoms with Crippen LogP contribution in [0, 0.1) is 0 Å². The maximum atomic E-state index is 10.9. The molecule has 1 aliphatic rings. The van der Waals surface area contributed by atoms with Crippen molar-refractivity contribution < 1.29 is 24.0 Å². The number of nitrogens with one attached hydrogen (secondary N) is 2. The van der Waals surface area contributed by atoms with Crippen molar-refractivity contribution in [1.82, 2.24) is 15.3 Å². The summed E-state index contributed by atoms with van der Waals surface area (Å²) in [6.07, 6.45) is 6.78. The fourth-order valence-electron chi connectivity index (χ4n) is 1.99. The van der Waals surface area contributed by atoms with Crippen molar-refractivity contribution in [3.63, 3.8) is 0 Å². The minimum Gasteiger partial charge on any atom is -0.505 e. The summed E-state index contributed by atoms with van der Waals surface area (Å²) in [6.45, 7) is 3.12. The zero-order chi connectivity index (χ0) is 17.7. The summed E-state index contributed by atoms with van der Waals surface area (Å²) >= 11 is 0. The Labute approximate surface area is 138 Å². The average Bonchev–Trinajstić information content (AvgIpc) is 2.99. The summed E-state index contributed by atoms with van der Waals surface area (Å²) in [6, 6.07) is 0. The number of phosphoric acid groups is 1. The van der Waals surface area contributed by atoms with Crippen LogP contribution in [0.5, 0.6) is 0 Å². The van der Waals surface area contributed by atoms with E-state index >= 15 is 0 Å². The summed E-state index contributed by atoms with van der Waals surface area (Å²) in [7, 11) is -4.61. The van der Waals surface area contributed by atoms with Crippen LogP contribution in [0.25, 0.3) is 0 Å². The average molecular weight is 354 g/mol. The quantitative estimate of drug-likeness (QED) is 0.387. The van der Waals surface area contributed by atoms with Crippen LogP contribution in [0.2, 0.25) is 0 Å². The zero-order valence-corrected chi connectivity index (χ0v) is 14.1. The number of allylic oxidation sites excluding steroid dienone is 2. The molecule has 0 aromatic carbocycles. The zero-order valence-electron chi connectivity index (χ0n) is 13.2. The SMILES string of the molecule is CC(Cc1cnc[nH]1)=N/C=C1/C(COP(=O)(O)O)=CNC(C)=C1O. The summed E-state index contributed by atoms with van der Waals surface area (Å²) in [5.41, 5.74) is 2.88. The number of H-pyrrole nitrogens is 1. The van der Waals surface area contributed by atoms with Crippen LogP contribution >= 0.6 is 7.82 Å². The molecule has 0 atom stereocenters. The van der Waals surface area contributed by atoms with Crippen molar-refractivity contribution in [2.45, 2.75) is 20.3 Å². The largest absolute Gasteiger partial charge is 0.505 e. The lowest BCUT2D eigenvalue weighted by Gasteiger charge is -2.19. The minimum atomic E-state index is -4.61. The fraction of sp³-hybridized carbons (Fsp3) is 0.286. The van der Waals surface area contributed by atoms with Gasteiger partial charge in [-0.05, 0) is 13.8 Å². The van der Waals surface area contributed by atoms with Gasteiger partial charge in [-0.2, -0.15) is 0 Å². The van der Waals surface area contributed by atoms with E-state index in [1.807, 2.05) is 6.92 Å². The Bertz CT molecular complexity index is 758. The molecule has 1 aromatic rings. The standard InChI is InChI=1S/C14H19N4O5P/c1-9(3-12-5-15-8-18-12)16-6-13-11(7-23-24(20,21)22)4-17-10(2)14(13)19/h4-6,8,17,19H,3,7H2,1-2H3,(H,15,18)(H2,20,21,22)/b13-6-,16-9?. The van der Waals surface area contributed by atoms with Gasteiger partial charge in [-0.3, -0.25) is 9.52 Å². The normalized spacial score (nSPS) is 17.9. The molecule has 0 amide bonds. The van der Waals surface area contributed by atoms with Gasteiger partial charge in [0.1, 0.15) is 5.76 Å². The third-order valence-corrected chi connectivity index (χ3v) is 3.69. The smallest absolute Gasteiger partial charge is 0.469 e. The second-order valence-corrected chi connectivity index (χ2v) is 6.45. The van der Waals surface area contributed by atoms with Crippen LogP contribution < -0.4 is 5.32 Å². The first-order chi connectivity index (χ1) is 11.3. The van der Waals surface area contributed by atoms with Gasteiger partial charge >= 0.3 is 7.82 Å². The first-order valence-corrected chi connectivity index (χ1v) is 8.56. The van der Waals surface area contributed by atoms with Crippen LogP contribution in [0.1, 0.15) is 19.5 Å². The molecule has 0 saturated heterocycles. The van der Waals surface area contributed by atoms with Crippen molar-refractivity contribution in [2.24, 2.45) is 4.99 Å². The van der Waals surface area contributed by atoms with E-state index in [0.717, 1.165) is 11.4 Å². The molecule has 2 heterocycles. The lowest BCUT2D eigenvalue weighted by atomic mass is 10.0. The molecular formula is C14H19N4O5P. The van der Waals surface area contributed by atoms with E-state index in [2.05, 4.69) is 24.8 Å². The monoisotopic (exact) mass is 354 g/mol. The molecular weight excluding hydrogens is 335 g/mol. The Balaban J connectivity index is 2.19. The molecule has 1 aliphatic heterocycles. The second kappa shape index (κ2) is 7.59. The minimum absolute atomic E-state index is 0.0556. The molecule has 10 heteroatoms. The van der Waals surface area contributed by atoms with E-state index in [-0.39, 0.29) is 12.4 Å². The van der Waals surface area contributed by atoms with Crippen molar-refractivity contribution in [3.05, 3.63) is 53.2 Å². The molecule has 9 nitrogen and oxygen atoms in total. The molecule has 0 saturated carbocycles. The molecule has 130 valence electrons. The molecule has 5 N–H and O–H groups in total. The van der Waals surface area contributed by atoms with Crippen LogP contribution in [0.3, 0.4) is 0 Å². The van der Waals surface area contributed by atoms with Gasteiger partial charge in [0.05, 0.1) is 18.6 Å². The Hall–Kier alpha value is -2.19. The number of imidazole rings is 1. The summed E-state index contributed by atoms with van der Waals surface area (Å²) < 4.78 is 15.4. The van der Waals surface area contributed by atoms with E-state index in [4.69, 9.17) is 9.79 Å². The molecule has 0 spiro atoms. The highest BCUT2D eigenvalue weighted by Gasteiger charge is 2.21. The maximum Gasteiger partial charge on any atom is 0.469 e. The maximum absolute atomic E-state index is 10.9. The van der Waals surface area contributed by atoms with Crippen LogP contribution in [0.4, 0.5) is 0 Å². The van der Waals surface area contributed by atoms with Gasteiger partial charge in [-0.25, -0.2) is 9.55 Å². The topological polar surface area (TPSA) is 140 Å². The molecule has 1 aromatic heterocycles. The van der Waals surface area contributed by atoms with Gasteiger partial charge in [-0.1, -0.05) is 0 Å². The highest BCUT2D eigenvalue weighted by molar-refractivity contribution is 7.46. The Kier molecular flexibility index (Phi) is 5.74. The fourth-order valence-corrected chi connectivity index (χ4v) is 2.30. The van der Waals surface area contributed by atoms with Gasteiger partial charge in [0.2, 0.25) is 0 Å². The molecule has 0 unspecified atom stereocenters. The Morgan fingerprint density at radius 2 is 2.25 bits per heavy atom. The number of aromatic nitrogens is 2. The number of rotatable bonds is 6. The molecule has 2 rings (SSSR count). The predicted molar refractivity (Wildman–Crippen MR) is 88.0 cm³/mol. The summed E-state index contributed by atoms with van der Waals surface area (Å²) in [4.78, 5) is 28.8. The summed E-state index contributed by atoms with van der Waals surface area (Å²) in [5.74, 6) is -0.0556.